The van der Waals surface area contributed by atoms with Gasteiger partial charge >= 0.3 is 0 Å². The first-order valence-electron chi connectivity index (χ1n) is 20.6. The van der Waals surface area contributed by atoms with E-state index in [0.717, 1.165) is 88.6 Å². The average Bonchev–Trinajstić information content (AvgIpc) is 4.13. The zero-order valence-corrected chi connectivity index (χ0v) is 32.6. The molecule has 6 heterocycles. The molecule has 7 nitrogen and oxygen atoms in total. The van der Waals surface area contributed by atoms with E-state index in [1.165, 1.54) is 32.6 Å². The van der Waals surface area contributed by atoms with Gasteiger partial charge in [0.2, 0.25) is 0 Å². The van der Waals surface area contributed by atoms with Crippen LogP contribution in [0.4, 0.5) is 0 Å². The maximum absolute atomic E-state index is 6.75. The number of ether oxygens (including phenoxy) is 1. The van der Waals surface area contributed by atoms with Gasteiger partial charge in [-0.25, -0.2) is 9.97 Å². The molecule has 0 aliphatic carbocycles. The quantitative estimate of drug-likeness (QED) is 0.167. The maximum atomic E-state index is 6.75. The predicted octanol–water partition coefficient (Wildman–Crippen LogP) is 13.6. The summed E-state index contributed by atoms with van der Waals surface area (Å²) in [7, 11) is 0. The van der Waals surface area contributed by atoms with Gasteiger partial charge < -0.3 is 13.9 Å². The van der Waals surface area contributed by atoms with Crippen LogP contribution in [-0.2, 0) is 0 Å². The van der Waals surface area contributed by atoms with E-state index in [4.69, 9.17) is 14.7 Å². The summed E-state index contributed by atoms with van der Waals surface area (Å²) in [6.07, 6.45) is 7.88. The number of aromatic nitrogens is 6. The van der Waals surface area contributed by atoms with Crippen LogP contribution in [0.3, 0.4) is 0 Å². The lowest BCUT2D eigenvalue weighted by Crippen LogP contribution is -1.96. The monoisotopic (exact) mass is 780 g/mol. The first-order valence-corrected chi connectivity index (χ1v) is 20.6. The molecule has 0 amide bonds. The molecule has 6 aromatic heterocycles. The topological polar surface area (TPSA) is 53.7 Å². The Morgan fingerprint density at radius 1 is 0.311 bits per heavy atom. The van der Waals surface area contributed by atoms with Gasteiger partial charge in [-0.15, -0.1) is 0 Å². The fraction of sp³-hybridized carbons (Fsp3) is 0. The zero-order valence-electron chi connectivity index (χ0n) is 32.6. The van der Waals surface area contributed by atoms with E-state index in [9.17, 15) is 0 Å². The molecule has 8 aromatic carbocycles. The minimum Gasteiger partial charge on any atom is -0.457 e. The van der Waals surface area contributed by atoms with Gasteiger partial charge in [0.15, 0.2) is 0 Å². The molecule has 0 radical (unpaired) electrons. The Labute approximate surface area is 347 Å². The van der Waals surface area contributed by atoms with Crippen LogP contribution in [-0.4, -0.2) is 27.9 Å². The number of pyridine rings is 2. The summed E-state index contributed by atoms with van der Waals surface area (Å²) in [5.74, 6) is 1.49. The van der Waals surface area contributed by atoms with E-state index in [-0.39, 0.29) is 0 Å². The van der Waals surface area contributed by atoms with Crippen molar-refractivity contribution in [3.05, 3.63) is 195 Å². The summed E-state index contributed by atoms with van der Waals surface area (Å²) in [6, 6.07) is 60.7. The third-order valence-corrected chi connectivity index (χ3v) is 12.7. The first-order chi connectivity index (χ1) is 30.2. The van der Waals surface area contributed by atoms with Gasteiger partial charge in [-0.05, 0) is 108 Å². The van der Waals surface area contributed by atoms with Crippen molar-refractivity contribution in [1.29, 1.82) is 0 Å². The third-order valence-electron chi connectivity index (χ3n) is 12.7. The predicted molar refractivity (Wildman–Crippen MR) is 249 cm³/mol. The van der Waals surface area contributed by atoms with Crippen molar-refractivity contribution in [3.8, 4) is 22.9 Å². The molecule has 7 heteroatoms. The second-order valence-corrected chi connectivity index (χ2v) is 15.9. The van der Waals surface area contributed by atoms with Gasteiger partial charge in [-0.1, -0.05) is 72.8 Å². The number of nitrogens with zero attached hydrogens (tertiary/aromatic N) is 6. The van der Waals surface area contributed by atoms with E-state index < -0.39 is 0 Å². The molecule has 14 aromatic rings. The lowest BCUT2D eigenvalue weighted by atomic mass is 10.0. The normalized spacial score (nSPS) is 12.3. The van der Waals surface area contributed by atoms with Crippen LogP contribution in [0, 0.1) is 0 Å². The van der Waals surface area contributed by atoms with Crippen LogP contribution in [0.5, 0.6) is 11.5 Å². The summed E-state index contributed by atoms with van der Waals surface area (Å²) in [5, 5.41) is 11.5. The van der Waals surface area contributed by atoms with E-state index >= 15 is 0 Å². The van der Waals surface area contributed by atoms with Crippen molar-refractivity contribution < 1.29 is 4.74 Å². The Morgan fingerprint density at radius 2 is 0.738 bits per heavy atom. The molecule has 14 rings (SSSR count). The van der Waals surface area contributed by atoms with Crippen LogP contribution in [0.15, 0.2) is 195 Å². The Hall–Kier alpha value is -8.42. The molecular weight excluding hydrogens is 749 g/mol. The minimum absolute atomic E-state index is 0.744. The lowest BCUT2D eigenvalue weighted by Gasteiger charge is -2.14. The molecule has 284 valence electrons. The zero-order chi connectivity index (χ0) is 39.8. The van der Waals surface area contributed by atoms with Gasteiger partial charge in [-0.2, -0.15) is 0 Å². The molecule has 0 spiro atoms. The fourth-order valence-corrected chi connectivity index (χ4v) is 10.1. The van der Waals surface area contributed by atoms with Crippen molar-refractivity contribution in [2.24, 2.45) is 0 Å². The summed E-state index contributed by atoms with van der Waals surface area (Å²) < 4.78 is 15.9. The highest BCUT2D eigenvalue weighted by atomic mass is 16.5. The second kappa shape index (κ2) is 12.1. The van der Waals surface area contributed by atoms with Crippen LogP contribution in [0.25, 0.3) is 110 Å². The number of imidazole rings is 2. The van der Waals surface area contributed by atoms with Gasteiger partial charge in [-0.3, -0.25) is 8.80 Å². The Morgan fingerprint density at radius 3 is 1.21 bits per heavy atom. The molecule has 0 saturated carbocycles. The van der Waals surface area contributed by atoms with Crippen LogP contribution >= 0.6 is 0 Å². The Kier molecular flexibility index (Phi) is 6.43. The second-order valence-electron chi connectivity index (χ2n) is 15.9. The number of fused-ring (bicyclic) bond motifs is 18. The minimum atomic E-state index is 0.744. The summed E-state index contributed by atoms with van der Waals surface area (Å²) in [6.45, 7) is 0. The molecule has 0 aliphatic heterocycles. The highest BCUT2D eigenvalue weighted by molar-refractivity contribution is 6.21. The van der Waals surface area contributed by atoms with E-state index in [2.05, 4.69) is 200 Å². The molecule has 0 fully saturated rings. The molecule has 0 unspecified atom stereocenters. The van der Waals surface area contributed by atoms with Crippen molar-refractivity contribution in [1.82, 2.24) is 27.9 Å². The van der Waals surface area contributed by atoms with Crippen molar-refractivity contribution in [3.63, 3.8) is 0 Å². The van der Waals surface area contributed by atoms with E-state index in [1.54, 1.807) is 0 Å². The number of benzene rings is 8. The van der Waals surface area contributed by atoms with Crippen molar-refractivity contribution in [2.45, 2.75) is 0 Å². The standard InChI is InChI=1S/C54H32N6O/c1-3-11-33(12-4-1)59-47-17-9-7-15-39(47)43-29-41-37-21-19-35(27-45(37)53-55-23-25-57(53)49(41)31-51(43)59)61-36-20-22-38-42-30-44-40-16-8-10-18-48(40)60(34-13-5-2-6-14-34)52(44)32-50(42)58-26-24-56-54(58)46(38)28-36/h1-32H. The van der Waals surface area contributed by atoms with Crippen molar-refractivity contribution >= 4 is 98.3 Å². The van der Waals surface area contributed by atoms with E-state index in [1.807, 2.05) is 12.4 Å². The molecule has 0 bridgehead atoms. The van der Waals surface area contributed by atoms with Crippen LogP contribution in [0.1, 0.15) is 0 Å². The number of hydrogen-bond acceptors (Lipinski definition) is 3. The van der Waals surface area contributed by atoms with Gasteiger partial charge in [0, 0.05) is 79.3 Å². The smallest absolute Gasteiger partial charge is 0.145 e. The number of rotatable bonds is 4. The summed E-state index contributed by atoms with van der Waals surface area (Å²) in [4.78, 5) is 9.79. The molecule has 61 heavy (non-hydrogen) atoms. The number of para-hydroxylation sites is 4. The van der Waals surface area contributed by atoms with Crippen LogP contribution < -0.4 is 4.74 Å². The number of hydrogen-bond donors (Lipinski definition) is 0. The Balaban J connectivity index is 0.930. The molecule has 0 saturated heterocycles. The maximum Gasteiger partial charge on any atom is 0.145 e. The van der Waals surface area contributed by atoms with Gasteiger partial charge in [0.1, 0.15) is 22.8 Å². The summed E-state index contributed by atoms with van der Waals surface area (Å²) in [5.41, 5.74) is 10.9. The Bertz CT molecular complexity index is 3870. The summed E-state index contributed by atoms with van der Waals surface area (Å²) >= 11 is 0. The first kappa shape index (κ1) is 32.5. The largest absolute Gasteiger partial charge is 0.457 e. The lowest BCUT2D eigenvalue weighted by molar-refractivity contribution is 0.484. The van der Waals surface area contributed by atoms with Gasteiger partial charge in [0.05, 0.1) is 33.1 Å². The van der Waals surface area contributed by atoms with Crippen molar-refractivity contribution in [2.75, 3.05) is 0 Å². The molecule has 0 aliphatic rings. The average molecular weight is 781 g/mol. The highest BCUT2D eigenvalue weighted by Crippen LogP contribution is 2.42. The molecular formula is C54H32N6O. The van der Waals surface area contributed by atoms with E-state index in [0.29, 0.717) is 0 Å². The van der Waals surface area contributed by atoms with Gasteiger partial charge in [0.25, 0.3) is 0 Å². The molecule has 0 atom stereocenters. The fourth-order valence-electron chi connectivity index (χ4n) is 10.1. The third kappa shape index (κ3) is 4.51. The highest BCUT2D eigenvalue weighted by Gasteiger charge is 2.20. The van der Waals surface area contributed by atoms with Crippen LogP contribution in [0.2, 0.25) is 0 Å². The SMILES string of the molecule is c1ccc(-n2c3ccccc3c3cc4c5ccc(Oc6ccc7c8cc9c%10ccccc%10n(-c%10ccccc%10)c9cc8n8ccnc8c7c6)cc5c5nccn5c4cc32)cc1. The molecule has 0 N–H and O–H groups in total.